The summed E-state index contributed by atoms with van der Waals surface area (Å²) in [6.45, 7) is 7.84. The van der Waals surface area contributed by atoms with Crippen LogP contribution < -0.4 is 14.8 Å². The van der Waals surface area contributed by atoms with Gasteiger partial charge in [0.2, 0.25) is 0 Å². The van der Waals surface area contributed by atoms with Gasteiger partial charge >= 0.3 is 0 Å². The number of piperazine rings is 1. The zero-order chi connectivity index (χ0) is 16.2. The van der Waals surface area contributed by atoms with Crippen molar-refractivity contribution in [2.75, 3.05) is 53.5 Å². The molecule has 0 bridgehead atoms. The second kappa shape index (κ2) is 7.83. The SMILES string of the molecule is COc1cc(Br)c(CN2CCN(C3CCNC3)CC2)cc1OC. The van der Waals surface area contributed by atoms with Gasteiger partial charge in [-0.15, -0.1) is 0 Å². The van der Waals surface area contributed by atoms with E-state index in [4.69, 9.17) is 9.47 Å². The highest BCUT2D eigenvalue weighted by Crippen LogP contribution is 2.34. The summed E-state index contributed by atoms with van der Waals surface area (Å²) in [7, 11) is 3.35. The molecule has 3 rings (SSSR count). The van der Waals surface area contributed by atoms with Crippen LogP contribution in [0.3, 0.4) is 0 Å². The maximum Gasteiger partial charge on any atom is 0.161 e. The number of benzene rings is 1. The van der Waals surface area contributed by atoms with E-state index in [2.05, 4.69) is 37.1 Å². The Hall–Kier alpha value is -0.820. The van der Waals surface area contributed by atoms with Crippen molar-refractivity contribution in [1.29, 1.82) is 0 Å². The highest BCUT2D eigenvalue weighted by molar-refractivity contribution is 9.10. The third kappa shape index (κ3) is 3.99. The van der Waals surface area contributed by atoms with Gasteiger partial charge in [-0.3, -0.25) is 9.80 Å². The standard InChI is InChI=1S/C17H26BrN3O2/c1-22-16-9-13(15(18)10-17(16)23-2)12-20-5-7-21(8-6-20)14-3-4-19-11-14/h9-10,14,19H,3-8,11-12H2,1-2H3. The number of methoxy groups -OCH3 is 2. The lowest BCUT2D eigenvalue weighted by atomic mass is 10.1. The Kier molecular flexibility index (Phi) is 5.80. The Morgan fingerprint density at radius 2 is 1.83 bits per heavy atom. The van der Waals surface area contributed by atoms with Gasteiger partial charge < -0.3 is 14.8 Å². The van der Waals surface area contributed by atoms with Crippen LogP contribution in [0.2, 0.25) is 0 Å². The number of hydrogen-bond acceptors (Lipinski definition) is 5. The molecule has 0 radical (unpaired) electrons. The fraction of sp³-hybridized carbons (Fsp3) is 0.647. The van der Waals surface area contributed by atoms with Gasteiger partial charge in [0.05, 0.1) is 14.2 Å². The molecule has 1 unspecified atom stereocenters. The van der Waals surface area contributed by atoms with Gasteiger partial charge in [-0.1, -0.05) is 15.9 Å². The van der Waals surface area contributed by atoms with Gasteiger partial charge in [0.1, 0.15) is 0 Å². The van der Waals surface area contributed by atoms with Crippen molar-refractivity contribution in [3.05, 3.63) is 22.2 Å². The minimum Gasteiger partial charge on any atom is -0.493 e. The van der Waals surface area contributed by atoms with Crippen LogP contribution in [0, 0.1) is 0 Å². The minimum absolute atomic E-state index is 0.741. The largest absolute Gasteiger partial charge is 0.493 e. The summed E-state index contributed by atoms with van der Waals surface area (Å²) in [5.74, 6) is 1.56. The van der Waals surface area contributed by atoms with Crippen LogP contribution in [0.1, 0.15) is 12.0 Å². The molecule has 2 aliphatic heterocycles. The van der Waals surface area contributed by atoms with Gasteiger partial charge in [0.25, 0.3) is 0 Å². The first kappa shape index (κ1) is 17.0. The predicted molar refractivity (Wildman–Crippen MR) is 95.4 cm³/mol. The summed E-state index contributed by atoms with van der Waals surface area (Å²) in [4.78, 5) is 5.16. The molecule has 1 atom stereocenters. The highest BCUT2D eigenvalue weighted by atomic mass is 79.9. The molecule has 2 saturated heterocycles. The van der Waals surface area contributed by atoms with E-state index in [9.17, 15) is 0 Å². The predicted octanol–water partition coefficient (Wildman–Crippen LogP) is 1.95. The molecule has 0 aromatic heterocycles. The highest BCUT2D eigenvalue weighted by Gasteiger charge is 2.26. The van der Waals surface area contributed by atoms with Gasteiger partial charge in [0, 0.05) is 49.8 Å². The van der Waals surface area contributed by atoms with Gasteiger partial charge in [-0.05, 0) is 30.7 Å². The van der Waals surface area contributed by atoms with E-state index >= 15 is 0 Å². The Bertz CT molecular complexity index is 527. The first-order valence-electron chi connectivity index (χ1n) is 8.28. The van der Waals surface area contributed by atoms with E-state index in [1.54, 1.807) is 14.2 Å². The normalized spacial score (nSPS) is 23.2. The van der Waals surface area contributed by atoms with Gasteiger partial charge in [0.15, 0.2) is 11.5 Å². The molecule has 1 N–H and O–H groups in total. The third-order valence-electron chi connectivity index (χ3n) is 4.90. The molecule has 6 heteroatoms. The first-order chi connectivity index (χ1) is 11.2. The Labute approximate surface area is 147 Å². The van der Waals surface area contributed by atoms with Crippen LogP contribution >= 0.6 is 15.9 Å². The number of nitrogens with zero attached hydrogens (tertiary/aromatic N) is 2. The summed E-state index contributed by atoms with van der Waals surface area (Å²) in [6, 6.07) is 4.81. The maximum absolute atomic E-state index is 5.43. The molecule has 2 heterocycles. The van der Waals surface area contributed by atoms with E-state index in [1.165, 1.54) is 18.5 Å². The van der Waals surface area contributed by atoms with Crippen molar-refractivity contribution in [2.45, 2.75) is 19.0 Å². The smallest absolute Gasteiger partial charge is 0.161 e. The average Bonchev–Trinajstić information content (AvgIpc) is 3.11. The van der Waals surface area contributed by atoms with Crippen molar-refractivity contribution in [3.8, 4) is 11.5 Å². The monoisotopic (exact) mass is 383 g/mol. The maximum atomic E-state index is 5.43. The Balaban J connectivity index is 1.60. The molecule has 1 aromatic rings. The van der Waals surface area contributed by atoms with E-state index in [0.29, 0.717) is 0 Å². The van der Waals surface area contributed by atoms with Crippen molar-refractivity contribution in [3.63, 3.8) is 0 Å². The molecule has 23 heavy (non-hydrogen) atoms. The van der Waals surface area contributed by atoms with Gasteiger partial charge in [-0.2, -0.15) is 0 Å². The minimum atomic E-state index is 0.741. The molecule has 0 spiro atoms. The summed E-state index contributed by atoms with van der Waals surface area (Å²) in [5, 5.41) is 3.46. The number of ether oxygens (including phenoxy) is 2. The molecule has 1 aromatic carbocycles. The number of halogens is 1. The quantitative estimate of drug-likeness (QED) is 0.840. The average molecular weight is 384 g/mol. The second-order valence-electron chi connectivity index (χ2n) is 6.26. The molecule has 0 aliphatic carbocycles. The fourth-order valence-electron chi connectivity index (χ4n) is 3.50. The Morgan fingerprint density at radius 1 is 1.13 bits per heavy atom. The molecule has 0 amide bonds. The van der Waals surface area contributed by atoms with Crippen LogP contribution in [-0.2, 0) is 6.54 Å². The lowest BCUT2D eigenvalue weighted by Gasteiger charge is -2.38. The van der Waals surface area contributed by atoms with Crippen molar-refractivity contribution in [2.24, 2.45) is 0 Å². The van der Waals surface area contributed by atoms with Crippen molar-refractivity contribution in [1.82, 2.24) is 15.1 Å². The molecule has 2 fully saturated rings. The number of nitrogens with one attached hydrogen (secondary N) is 1. The van der Waals surface area contributed by atoms with Crippen LogP contribution in [-0.4, -0.2) is 69.3 Å². The Morgan fingerprint density at radius 3 is 2.43 bits per heavy atom. The van der Waals surface area contributed by atoms with Crippen molar-refractivity contribution < 1.29 is 9.47 Å². The van der Waals surface area contributed by atoms with E-state index in [0.717, 1.165) is 61.3 Å². The van der Waals surface area contributed by atoms with Crippen LogP contribution in [0.15, 0.2) is 16.6 Å². The summed E-state index contributed by atoms with van der Waals surface area (Å²) < 4.78 is 11.9. The van der Waals surface area contributed by atoms with Gasteiger partial charge in [-0.25, -0.2) is 0 Å². The third-order valence-corrected chi connectivity index (χ3v) is 5.64. The topological polar surface area (TPSA) is 37.0 Å². The lowest BCUT2D eigenvalue weighted by Crippen LogP contribution is -2.50. The van der Waals surface area contributed by atoms with E-state index in [-0.39, 0.29) is 0 Å². The molecular formula is C17H26BrN3O2. The molecule has 0 saturated carbocycles. The lowest BCUT2D eigenvalue weighted by molar-refractivity contribution is 0.0979. The van der Waals surface area contributed by atoms with Crippen molar-refractivity contribution >= 4 is 15.9 Å². The zero-order valence-corrected chi connectivity index (χ0v) is 15.6. The number of rotatable bonds is 5. The van der Waals surface area contributed by atoms with E-state index < -0.39 is 0 Å². The van der Waals surface area contributed by atoms with Crippen LogP contribution in [0.5, 0.6) is 11.5 Å². The molecular weight excluding hydrogens is 358 g/mol. The molecule has 128 valence electrons. The molecule has 5 nitrogen and oxygen atoms in total. The summed E-state index contributed by atoms with van der Waals surface area (Å²) in [5.41, 5.74) is 1.25. The second-order valence-corrected chi connectivity index (χ2v) is 7.11. The zero-order valence-electron chi connectivity index (χ0n) is 14.0. The van der Waals surface area contributed by atoms with Crippen LogP contribution in [0.4, 0.5) is 0 Å². The fourth-order valence-corrected chi connectivity index (χ4v) is 3.94. The molecule has 2 aliphatic rings. The summed E-state index contributed by atoms with van der Waals surface area (Å²) in [6.07, 6.45) is 1.29. The first-order valence-corrected chi connectivity index (χ1v) is 9.08. The van der Waals surface area contributed by atoms with E-state index in [1.807, 2.05) is 6.07 Å². The van der Waals surface area contributed by atoms with Crippen LogP contribution in [0.25, 0.3) is 0 Å². The number of hydrogen-bond donors (Lipinski definition) is 1. The summed E-state index contributed by atoms with van der Waals surface area (Å²) >= 11 is 3.66.